The SMILES string of the molecule is CCC12CCCCCN1c1nc(-n3ncnc3-c3cccc4c3C=CCN4)ncc1-n1cnnc12. The molecule has 35 heavy (non-hydrogen) atoms. The molecule has 1 fully saturated rings. The van der Waals surface area contributed by atoms with Gasteiger partial charge in [0.1, 0.15) is 23.9 Å². The molecule has 1 N–H and O–H groups in total. The highest BCUT2D eigenvalue weighted by molar-refractivity contribution is 5.82. The van der Waals surface area contributed by atoms with Gasteiger partial charge in [-0.2, -0.15) is 14.8 Å². The first-order valence-corrected chi connectivity index (χ1v) is 12.3. The van der Waals surface area contributed by atoms with E-state index in [0.717, 1.165) is 66.5 Å². The van der Waals surface area contributed by atoms with Crippen molar-refractivity contribution in [3.8, 4) is 23.0 Å². The van der Waals surface area contributed by atoms with E-state index in [1.807, 2.05) is 12.3 Å². The van der Waals surface area contributed by atoms with E-state index in [4.69, 9.17) is 9.97 Å². The Bertz CT molecular complexity index is 1450. The van der Waals surface area contributed by atoms with Crippen molar-refractivity contribution in [1.82, 2.24) is 39.5 Å². The summed E-state index contributed by atoms with van der Waals surface area (Å²) in [4.78, 5) is 16.9. The molecule has 3 aliphatic heterocycles. The molecule has 7 rings (SSSR count). The number of rotatable bonds is 3. The molecule has 10 nitrogen and oxygen atoms in total. The van der Waals surface area contributed by atoms with E-state index < -0.39 is 0 Å². The molecular weight excluding hydrogens is 440 g/mol. The average Bonchev–Trinajstić information content (AvgIpc) is 3.55. The van der Waals surface area contributed by atoms with Crippen LogP contribution in [0.2, 0.25) is 0 Å². The Balaban J connectivity index is 1.40. The van der Waals surface area contributed by atoms with E-state index in [1.165, 1.54) is 12.8 Å². The molecule has 176 valence electrons. The number of benzene rings is 1. The van der Waals surface area contributed by atoms with Gasteiger partial charge < -0.3 is 10.2 Å². The summed E-state index contributed by atoms with van der Waals surface area (Å²) in [5.41, 5.74) is 3.86. The molecule has 0 amide bonds. The zero-order chi connectivity index (χ0) is 23.4. The van der Waals surface area contributed by atoms with Crippen LogP contribution in [-0.4, -0.2) is 52.6 Å². The minimum atomic E-state index is -0.216. The summed E-state index contributed by atoms with van der Waals surface area (Å²) >= 11 is 0. The van der Waals surface area contributed by atoms with Crippen LogP contribution in [0.1, 0.15) is 50.4 Å². The molecule has 3 aliphatic rings. The monoisotopic (exact) mass is 466 g/mol. The second-order valence-corrected chi connectivity index (χ2v) is 9.30. The van der Waals surface area contributed by atoms with Gasteiger partial charge in [-0.3, -0.25) is 4.57 Å². The lowest BCUT2D eigenvalue weighted by atomic mass is 9.86. The standard InChI is InChI=1S/C25H26N10/c1-2-25-11-4-3-5-13-34(25)22-20(33-16-29-32-23(25)33)14-27-24(31-22)35-21(28-15-30-35)18-8-6-10-19-17(18)9-7-12-26-19/h6-10,14-16,26H,2-5,11-13H2,1H3. The second-order valence-electron chi connectivity index (χ2n) is 9.30. The highest BCUT2D eigenvalue weighted by Crippen LogP contribution is 2.47. The van der Waals surface area contributed by atoms with Gasteiger partial charge in [0.05, 0.1) is 6.20 Å². The van der Waals surface area contributed by atoms with Crippen LogP contribution in [0.4, 0.5) is 11.5 Å². The molecule has 0 aliphatic carbocycles. The number of nitrogens with zero attached hydrogens (tertiary/aromatic N) is 9. The highest BCUT2D eigenvalue weighted by Gasteiger charge is 2.47. The Labute approximate surface area is 202 Å². The minimum absolute atomic E-state index is 0.216. The predicted molar refractivity (Wildman–Crippen MR) is 133 cm³/mol. The molecule has 1 aromatic carbocycles. The zero-order valence-corrected chi connectivity index (χ0v) is 19.6. The summed E-state index contributed by atoms with van der Waals surface area (Å²) in [5.74, 6) is 3.12. The van der Waals surface area contributed by atoms with E-state index in [2.05, 4.69) is 66.3 Å². The lowest BCUT2D eigenvalue weighted by Gasteiger charge is -2.46. The number of fused-ring (bicyclic) bond motifs is 7. The van der Waals surface area contributed by atoms with Gasteiger partial charge in [-0.05, 0) is 25.3 Å². The number of aromatic nitrogens is 8. The van der Waals surface area contributed by atoms with Crippen LogP contribution in [0.3, 0.4) is 0 Å². The van der Waals surface area contributed by atoms with Crippen LogP contribution in [0.5, 0.6) is 0 Å². The van der Waals surface area contributed by atoms with E-state index in [1.54, 1.807) is 17.3 Å². The summed E-state index contributed by atoms with van der Waals surface area (Å²) < 4.78 is 3.81. The third-order valence-electron chi connectivity index (χ3n) is 7.57. The first kappa shape index (κ1) is 20.3. The molecule has 0 saturated carbocycles. The predicted octanol–water partition coefficient (Wildman–Crippen LogP) is 3.74. The van der Waals surface area contributed by atoms with Crippen molar-refractivity contribution >= 4 is 17.6 Å². The Kier molecular flexibility index (Phi) is 4.48. The molecule has 0 bridgehead atoms. The molecule has 3 aromatic heterocycles. The van der Waals surface area contributed by atoms with Crippen molar-refractivity contribution < 1.29 is 0 Å². The summed E-state index contributed by atoms with van der Waals surface area (Å²) in [5, 5.41) is 16.8. The summed E-state index contributed by atoms with van der Waals surface area (Å²) in [7, 11) is 0. The van der Waals surface area contributed by atoms with Crippen molar-refractivity contribution in [2.45, 2.75) is 44.6 Å². The Hall–Kier alpha value is -4.08. The third kappa shape index (κ3) is 2.88. The fraction of sp³-hybridized carbons (Fsp3) is 0.360. The number of hydrogen-bond donors (Lipinski definition) is 1. The molecule has 0 radical (unpaired) electrons. The quantitative estimate of drug-likeness (QED) is 0.487. The molecule has 4 aromatic rings. The van der Waals surface area contributed by atoms with Gasteiger partial charge in [-0.15, -0.1) is 10.2 Å². The Morgan fingerprint density at radius 1 is 1.14 bits per heavy atom. The first-order chi connectivity index (χ1) is 17.3. The molecule has 10 heteroatoms. The van der Waals surface area contributed by atoms with Crippen LogP contribution in [0.25, 0.3) is 29.1 Å². The number of anilines is 2. The van der Waals surface area contributed by atoms with Gasteiger partial charge in [-0.1, -0.05) is 44.1 Å². The van der Waals surface area contributed by atoms with E-state index in [-0.39, 0.29) is 5.54 Å². The summed E-state index contributed by atoms with van der Waals surface area (Å²) in [6, 6.07) is 6.18. The van der Waals surface area contributed by atoms with Crippen molar-refractivity contribution in [2.24, 2.45) is 0 Å². The maximum Gasteiger partial charge on any atom is 0.254 e. The van der Waals surface area contributed by atoms with Gasteiger partial charge in [0, 0.05) is 29.9 Å². The van der Waals surface area contributed by atoms with Crippen LogP contribution in [0, 0.1) is 0 Å². The molecular formula is C25H26N10. The molecule has 1 saturated heterocycles. The minimum Gasteiger partial charge on any atom is -0.381 e. The normalized spacial score (nSPS) is 20.3. The molecule has 6 heterocycles. The summed E-state index contributed by atoms with van der Waals surface area (Å²) in [6.45, 7) is 3.98. The lowest BCUT2D eigenvalue weighted by molar-refractivity contribution is 0.329. The van der Waals surface area contributed by atoms with E-state index in [0.29, 0.717) is 11.8 Å². The fourth-order valence-electron chi connectivity index (χ4n) is 5.85. The Morgan fingerprint density at radius 3 is 3.06 bits per heavy atom. The number of nitrogens with one attached hydrogen (secondary N) is 1. The van der Waals surface area contributed by atoms with Gasteiger partial charge in [0.15, 0.2) is 17.5 Å². The van der Waals surface area contributed by atoms with Gasteiger partial charge in [-0.25, -0.2) is 9.97 Å². The van der Waals surface area contributed by atoms with E-state index in [9.17, 15) is 0 Å². The van der Waals surface area contributed by atoms with Crippen molar-refractivity contribution in [3.05, 3.63) is 54.5 Å². The topological polar surface area (TPSA) is 102 Å². The highest BCUT2D eigenvalue weighted by atomic mass is 15.4. The van der Waals surface area contributed by atoms with Crippen LogP contribution in [-0.2, 0) is 5.54 Å². The van der Waals surface area contributed by atoms with Crippen molar-refractivity contribution in [2.75, 3.05) is 23.3 Å². The Morgan fingerprint density at radius 2 is 2.11 bits per heavy atom. The van der Waals surface area contributed by atoms with Crippen LogP contribution in [0.15, 0.2) is 43.1 Å². The smallest absolute Gasteiger partial charge is 0.254 e. The molecule has 1 atom stereocenters. The third-order valence-corrected chi connectivity index (χ3v) is 7.57. The van der Waals surface area contributed by atoms with Gasteiger partial charge >= 0.3 is 0 Å². The zero-order valence-electron chi connectivity index (χ0n) is 19.6. The largest absolute Gasteiger partial charge is 0.381 e. The summed E-state index contributed by atoms with van der Waals surface area (Å²) in [6.07, 6.45) is 14.9. The maximum atomic E-state index is 5.12. The first-order valence-electron chi connectivity index (χ1n) is 12.3. The van der Waals surface area contributed by atoms with Gasteiger partial charge in [0.25, 0.3) is 5.95 Å². The molecule has 0 spiro atoms. The van der Waals surface area contributed by atoms with E-state index >= 15 is 0 Å². The number of hydrogen-bond acceptors (Lipinski definition) is 8. The van der Waals surface area contributed by atoms with Crippen LogP contribution >= 0.6 is 0 Å². The second kappa shape index (κ2) is 7.72. The maximum absolute atomic E-state index is 5.12. The van der Waals surface area contributed by atoms with Crippen molar-refractivity contribution in [3.63, 3.8) is 0 Å². The average molecular weight is 467 g/mol. The van der Waals surface area contributed by atoms with Gasteiger partial charge in [0.2, 0.25) is 0 Å². The lowest BCUT2D eigenvalue weighted by Crippen LogP contribution is -2.50. The van der Waals surface area contributed by atoms with Crippen LogP contribution < -0.4 is 10.2 Å². The van der Waals surface area contributed by atoms with Crippen molar-refractivity contribution in [1.29, 1.82) is 0 Å². The fourth-order valence-corrected chi connectivity index (χ4v) is 5.85. The molecule has 1 unspecified atom stereocenters.